The van der Waals surface area contributed by atoms with E-state index in [2.05, 4.69) is 15.3 Å². The number of aliphatic hydroxyl groups is 1. The van der Waals surface area contributed by atoms with Crippen molar-refractivity contribution < 1.29 is 19.4 Å². The number of morpholine rings is 1. The van der Waals surface area contributed by atoms with Crippen LogP contribution in [0, 0.1) is 13.8 Å². The lowest BCUT2D eigenvalue weighted by molar-refractivity contribution is -0.0221. The van der Waals surface area contributed by atoms with Crippen LogP contribution in [0.2, 0.25) is 0 Å². The maximum atomic E-state index is 13.1. The molecule has 0 spiro atoms. The van der Waals surface area contributed by atoms with Gasteiger partial charge < -0.3 is 20.1 Å². The van der Waals surface area contributed by atoms with E-state index in [1.54, 1.807) is 11.1 Å². The van der Waals surface area contributed by atoms with Crippen molar-refractivity contribution in [2.24, 2.45) is 0 Å². The summed E-state index contributed by atoms with van der Waals surface area (Å²) in [7, 11) is 0. The SMILES string of the molecule is Cc1nc(C)c(C(=O)N2CCOC(c3c(C(=O)NCCO)sc4ncccc34)C2)s1. The van der Waals surface area contributed by atoms with E-state index < -0.39 is 6.10 Å². The van der Waals surface area contributed by atoms with Gasteiger partial charge in [0, 0.05) is 30.2 Å². The Bertz CT molecular complexity index is 1090. The lowest BCUT2D eigenvalue weighted by Gasteiger charge is -2.33. The van der Waals surface area contributed by atoms with Crippen LogP contribution in [0.1, 0.15) is 41.7 Å². The molecule has 8 nitrogen and oxygen atoms in total. The minimum absolute atomic E-state index is 0.0599. The van der Waals surface area contributed by atoms with Gasteiger partial charge in [0.05, 0.1) is 30.5 Å². The van der Waals surface area contributed by atoms with Gasteiger partial charge in [-0.2, -0.15) is 0 Å². The zero-order valence-corrected chi connectivity index (χ0v) is 18.3. The number of thiazole rings is 1. The third kappa shape index (κ3) is 3.95. The van der Waals surface area contributed by atoms with Crippen LogP contribution in [-0.2, 0) is 4.74 Å². The second-order valence-electron chi connectivity index (χ2n) is 6.94. The van der Waals surface area contributed by atoms with Gasteiger partial charge in [0.25, 0.3) is 11.8 Å². The van der Waals surface area contributed by atoms with Crippen LogP contribution in [0.5, 0.6) is 0 Å². The van der Waals surface area contributed by atoms with Crippen LogP contribution in [0.4, 0.5) is 0 Å². The number of nitrogens with one attached hydrogen (secondary N) is 1. The first-order valence-corrected chi connectivity index (χ1v) is 11.2. The van der Waals surface area contributed by atoms with Crippen molar-refractivity contribution in [1.29, 1.82) is 0 Å². The number of aromatic nitrogens is 2. The number of nitrogens with zero attached hydrogens (tertiary/aromatic N) is 3. The van der Waals surface area contributed by atoms with Gasteiger partial charge in [0.1, 0.15) is 20.7 Å². The average molecular weight is 447 g/mol. The van der Waals surface area contributed by atoms with E-state index in [1.165, 1.54) is 22.7 Å². The van der Waals surface area contributed by atoms with E-state index >= 15 is 0 Å². The standard InChI is InChI=1S/C20H22N4O4S2/c1-11-16(29-12(2)23-11)20(27)24-7-9-28-14(10-24)15-13-4-3-5-22-19(13)30-17(15)18(26)21-6-8-25/h3-5,14,25H,6-10H2,1-2H3,(H,21,26). The Morgan fingerprint density at radius 3 is 2.90 bits per heavy atom. The number of aliphatic hydroxyl groups excluding tert-OH is 1. The molecule has 1 fully saturated rings. The lowest BCUT2D eigenvalue weighted by Crippen LogP contribution is -2.42. The number of hydrogen-bond acceptors (Lipinski definition) is 8. The highest BCUT2D eigenvalue weighted by molar-refractivity contribution is 7.20. The molecule has 1 saturated heterocycles. The second kappa shape index (κ2) is 8.76. The van der Waals surface area contributed by atoms with Crippen LogP contribution in [0.3, 0.4) is 0 Å². The van der Waals surface area contributed by atoms with E-state index in [-0.39, 0.29) is 25.0 Å². The molecule has 1 atom stereocenters. The summed E-state index contributed by atoms with van der Waals surface area (Å²) < 4.78 is 6.02. The minimum Gasteiger partial charge on any atom is -0.395 e. The topological polar surface area (TPSA) is 105 Å². The largest absolute Gasteiger partial charge is 0.395 e. The first-order chi connectivity index (χ1) is 14.5. The molecule has 0 radical (unpaired) electrons. The van der Waals surface area contributed by atoms with Crippen molar-refractivity contribution >= 4 is 44.7 Å². The van der Waals surface area contributed by atoms with Gasteiger partial charge in [0.15, 0.2) is 0 Å². The van der Waals surface area contributed by atoms with Crippen LogP contribution >= 0.6 is 22.7 Å². The third-order valence-electron chi connectivity index (χ3n) is 4.88. The molecule has 0 bridgehead atoms. The predicted octanol–water partition coefficient (Wildman–Crippen LogP) is 2.31. The fraction of sp³-hybridized carbons (Fsp3) is 0.400. The second-order valence-corrected chi connectivity index (χ2v) is 9.14. The Balaban J connectivity index is 1.67. The van der Waals surface area contributed by atoms with Gasteiger partial charge in [-0.15, -0.1) is 22.7 Å². The molecule has 1 unspecified atom stereocenters. The van der Waals surface area contributed by atoms with Crippen LogP contribution in [0.25, 0.3) is 10.2 Å². The minimum atomic E-state index is -0.440. The highest BCUT2D eigenvalue weighted by atomic mass is 32.1. The van der Waals surface area contributed by atoms with Crippen molar-refractivity contribution in [2.45, 2.75) is 20.0 Å². The number of ether oxygens (including phenoxy) is 1. The highest BCUT2D eigenvalue weighted by Crippen LogP contribution is 2.37. The van der Waals surface area contributed by atoms with Gasteiger partial charge in [-0.05, 0) is 19.9 Å². The van der Waals surface area contributed by atoms with Gasteiger partial charge in [-0.25, -0.2) is 9.97 Å². The average Bonchev–Trinajstić information content (AvgIpc) is 3.31. The highest BCUT2D eigenvalue weighted by Gasteiger charge is 2.33. The predicted molar refractivity (Wildman–Crippen MR) is 115 cm³/mol. The number of rotatable bonds is 5. The van der Waals surface area contributed by atoms with Crippen molar-refractivity contribution in [3.63, 3.8) is 0 Å². The molecule has 3 aromatic rings. The quantitative estimate of drug-likeness (QED) is 0.623. The summed E-state index contributed by atoms with van der Waals surface area (Å²) in [6.45, 7) is 4.96. The molecule has 2 N–H and O–H groups in total. The Morgan fingerprint density at radius 2 is 2.17 bits per heavy atom. The number of amides is 2. The summed E-state index contributed by atoms with van der Waals surface area (Å²) >= 11 is 2.69. The fourth-order valence-corrected chi connectivity index (χ4v) is 5.57. The van der Waals surface area contributed by atoms with Crippen molar-refractivity contribution in [3.8, 4) is 0 Å². The molecule has 1 aliphatic rings. The molecule has 0 aromatic carbocycles. The van der Waals surface area contributed by atoms with Gasteiger partial charge in [-0.1, -0.05) is 6.07 Å². The maximum Gasteiger partial charge on any atom is 0.266 e. The fourth-order valence-electron chi connectivity index (χ4n) is 3.57. The monoisotopic (exact) mass is 446 g/mol. The molecular formula is C20H22N4O4S2. The molecule has 0 saturated carbocycles. The Labute approximate surface area is 181 Å². The van der Waals surface area contributed by atoms with Crippen molar-refractivity contribution in [2.75, 3.05) is 32.8 Å². The molecule has 158 valence electrons. The Morgan fingerprint density at radius 1 is 1.33 bits per heavy atom. The molecule has 4 heterocycles. The summed E-state index contributed by atoms with van der Waals surface area (Å²) in [4.78, 5) is 38.2. The molecule has 10 heteroatoms. The summed E-state index contributed by atoms with van der Waals surface area (Å²) in [6, 6.07) is 3.74. The van der Waals surface area contributed by atoms with Gasteiger partial charge in [0.2, 0.25) is 0 Å². The number of carbonyl (C=O) groups excluding carboxylic acids is 2. The maximum absolute atomic E-state index is 13.1. The number of pyridine rings is 1. The van der Waals surface area contributed by atoms with Gasteiger partial charge >= 0.3 is 0 Å². The van der Waals surface area contributed by atoms with E-state index in [0.29, 0.717) is 29.5 Å². The Hall–Kier alpha value is -2.40. The first kappa shape index (κ1) is 20.9. The summed E-state index contributed by atoms with van der Waals surface area (Å²) in [5.74, 6) is -0.335. The molecule has 0 aliphatic carbocycles. The molecule has 3 aromatic heterocycles. The smallest absolute Gasteiger partial charge is 0.266 e. The molecule has 4 rings (SSSR count). The molecule has 2 amide bonds. The van der Waals surface area contributed by atoms with E-state index in [4.69, 9.17) is 9.84 Å². The molecule has 30 heavy (non-hydrogen) atoms. The van der Waals surface area contributed by atoms with Gasteiger partial charge in [-0.3, -0.25) is 9.59 Å². The van der Waals surface area contributed by atoms with E-state index in [0.717, 1.165) is 26.5 Å². The molecular weight excluding hydrogens is 424 g/mol. The lowest BCUT2D eigenvalue weighted by atomic mass is 10.0. The van der Waals surface area contributed by atoms with Crippen LogP contribution < -0.4 is 5.32 Å². The Kier molecular flexibility index (Phi) is 6.09. The number of thiophene rings is 1. The summed E-state index contributed by atoms with van der Waals surface area (Å²) in [5.41, 5.74) is 1.48. The zero-order chi connectivity index (χ0) is 21.3. The first-order valence-electron chi connectivity index (χ1n) is 9.61. The number of hydrogen-bond donors (Lipinski definition) is 2. The normalized spacial score (nSPS) is 16.8. The number of aryl methyl sites for hydroxylation is 2. The van der Waals surface area contributed by atoms with Crippen molar-refractivity contribution in [3.05, 3.63) is 44.3 Å². The third-order valence-corrected chi connectivity index (χ3v) is 7.07. The number of carbonyl (C=O) groups is 2. The number of fused-ring (bicyclic) bond motifs is 1. The summed E-state index contributed by atoms with van der Waals surface area (Å²) in [5, 5.41) is 13.5. The summed E-state index contributed by atoms with van der Waals surface area (Å²) in [6.07, 6.45) is 1.25. The van der Waals surface area contributed by atoms with Crippen molar-refractivity contribution in [1.82, 2.24) is 20.2 Å². The molecule has 1 aliphatic heterocycles. The van der Waals surface area contributed by atoms with E-state index in [9.17, 15) is 9.59 Å². The van der Waals surface area contributed by atoms with Crippen LogP contribution in [-0.4, -0.2) is 64.6 Å². The van der Waals surface area contributed by atoms with E-state index in [1.807, 2.05) is 26.0 Å². The zero-order valence-electron chi connectivity index (χ0n) is 16.7. The van der Waals surface area contributed by atoms with Crippen LogP contribution in [0.15, 0.2) is 18.3 Å².